The van der Waals surface area contributed by atoms with E-state index in [2.05, 4.69) is 5.32 Å². The Balaban J connectivity index is 2.96. The SMILES string of the molecule is CN/C=C\c1ccccc1C=O. The van der Waals surface area contributed by atoms with Gasteiger partial charge in [0.2, 0.25) is 0 Å². The molecule has 0 aromatic heterocycles. The van der Waals surface area contributed by atoms with Crippen LogP contribution in [0.3, 0.4) is 0 Å². The first kappa shape index (κ1) is 8.53. The van der Waals surface area contributed by atoms with Crippen LogP contribution >= 0.6 is 0 Å². The lowest BCUT2D eigenvalue weighted by Gasteiger charge is -1.96. The number of rotatable bonds is 3. The number of benzene rings is 1. The van der Waals surface area contributed by atoms with E-state index in [0.29, 0.717) is 5.56 Å². The third-order valence-electron chi connectivity index (χ3n) is 1.55. The largest absolute Gasteiger partial charge is 0.394 e. The summed E-state index contributed by atoms with van der Waals surface area (Å²) >= 11 is 0. The van der Waals surface area contributed by atoms with Gasteiger partial charge >= 0.3 is 0 Å². The van der Waals surface area contributed by atoms with Crippen molar-refractivity contribution in [2.24, 2.45) is 0 Å². The Labute approximate surface area is 71.9 Å². The van der Waals surface area contributed by atoms with Crippen LogP contribution in [0.2, 0.25) is 0 Å². The molecule has 0 bridgehead atoms. The molecule has 0 atom stereocenters. The Hall–Kier alpha value is -1.57. The van der Waals surface area contributed by atoms with Crippen molar-refractivity contribution in [1.82, 2.24) is 5.32 Å². The Kier molecular flexibility index (Phi) is 3.08. The van der Waals surface area contributed by atoms with E-state index in [0.717, 1.165) is 11.8 Å². The molecule has 2 nitrogen and oxygen atoms in total. The molecule has 0 aliphatic carbocycles. The smallest absolute Gasteiger partial charge is 0.150 e. The molecule has 0 unspecified atom stereocenters. The average molecular weight is 161 g/mol. The van der Waals surface area contributed by atoms with Gasteiger partial charge in [0, 0.05) is 12.6 Å². The zero-order valence-corrected chi connectivity index (χ0v) is 6.95. The highest BCUT2D eigenvalue weighted by Crippen LogP contribution is 2.07. The predicted octanol–water partition coefficient (Wildman–Crippen LogP) is 1.69. The number of aldehydes is 1. The zero-order chi connectivity index (χ0) is 8.81. The molecule has 0 saturated heterocycles. The summed E-state index contributed by atoms with van der Waals surface area (Å²) in [5.41, 5.74) is 1.64. The highest BCUT2D eigenvalue weighted by Gasteiger charge is 1.93. The number of carbonyl (C=O) groups is 1. The van der Waals surface area contributed by atoms with Crippen molar-refractivity contribution in [1.29, 1.82) is 0 Å². The van der Waals surface area contributed by atoms with Gasteiger partial charge in [-0.2, -0.15) is 0 Å². The molecule has 0 amide bonds. The van der Waals surface area contributed by atoms with Gasteiger partial charge in [0.1, 0.15) is 0 Å². The van der Waals surface area contributed by atoms with Crippen molar-refractivity contribution in [2.75, 3.05) is 7.05 Å². The molecular formula is C10H11NO. The molecule has 0 fully saturated rings. The maximum atomic E-state index is 10.5. The van der Waals surface area contributed by atoms with Gasteiger partial charge in [-0.3, -0.25) is 4.79 Å². The normalized spacial score (nSPS) is 10.1. The first-order valence-electron chi connectivity index (χ1n) is 3.76. The summed E-state index contributed by atoms with van der Waals surface area (Å²) in [6, 6.07) is 7.45. The second-order valence-corrected chi connectivity index (χ2v) is 2.37. The van der Waals surface area contributed by atoms with Crippen molar-refractivity contribution < 1.29 is 4.79 Å². The Bertz CT molecular complexity index is 292. The van der Waals surface area contributed by atoms with Gasteiger partial charge in [0.05, 0.1) is 0 Å². The number of nitrogens with one attached hydrogen (secondary N) is 1. The molecular weight excluding hydrogens is 150 g/mol. The van der Waals surface area contributed by atoms with E-state index in [-0.39, 0.29) is 0 Å². The molecule has 0 radical (unpaired) electrons. The quantitative estimate of drug-likeness (QED) is 0.683. The van der Waals surface area contributed by atoms with E-state index in [1.165, 1.54) is 0 Å². The van der Waals surface area contributed by atoms with E-state index in [1.807, 2.05) is 31.3 Å². The highest BCUT2D eigenvalue weighted by atomic mass is 16.1. The van der Waals surface area contributed by atoms with Crippen molar-refractivity contribution in [2.45, 2.75) is 0 Å². The molecule has 2 heteroatoms. The molecule has 1 N–H and O–H groups in total. The zero-order valence-electron chi connectivity index (χ0n) is 6.95. The van der Waals surface area contributed by atoms with Crippen LogP contribution in [0.25, 0.3) is 6.08 Å². The first-order chi connectivity index (χ1) is 5.88. The molecule has 1 rings (SSSR count). The lowest BCUT2D eigenvalue weighted by molar-refractivity contribution is 0.112. The summed E-state index contributed by atoms with van der Waals surface area (Å²) in [6.07, 6.45) is 4.52. The number of carbonyl (C=O) groups excluding carboxylic acids is 1. The summed E-state index contributed by atoms with van der Waals surface area (Å²) in [7, 11) is 1.82. The fraction of sp³-hybridized carbons (Fsp3) is 0.100. The van der Waals surface area contributed by atoms with E-state index in [1.54, 1.807) is 12.3 Å². The minimum atomic E-state index is 0.712. The highest BCUT2D eigenvalue weighted by molar-refractivity contribution is 5.81. The van der Waals surface area contributed by atoms with Crippen LogP contribution in [0, 0.1) is 0 Å². The fourth-order valence-electron chi connectivity index (χ4n) is 0.943. The summed E-state index contributed by atoms with van der Waals surface area (Å²) in [4.78, 5) is 10.5. The lowest BCUT2D eigenvalue weighted by atomic mass is 10.1. The molecule has 1 aromatic carbocycles. The van der Waals surface area contributed by atoms with Crippen molar-refractivity contribution in [3.05, 3.63) is 41.6 Å². The average Bonchev–Trinajstić information content (AvgIpc) is 2.15. The Morgan fingerprint density at radius 2 is 1.92 bits per heavy atom. The van der Waals surface area contributed by atoms with E-state index < -0.39 is 0 Å². The van der Waals surface area contributed by atoms with E-state index >= 15 is 0 Å². The van der Waals surface area contributed by atoms with Crippen LogP contribution < -0.4 is 5.32 Å². The van der Waals surface area contributed by atoms with Crippen LogP contribution in [-0.2, 0) is 0 Å². The summed E-state index contributed by atoms with van der Waals surface area (Å²) < 4.78 is 0. The van der Waals surface area contributed by atoms with Gasteiger partial charge in [-0.1, -0.05) is 24.3 Å². The van der Waals surface area contributed by atoms with Gasteiger partial charge in [0.15, 0.2) is 6.29 Å². The standard InChI is InChI=1S/C10H11NO/c1-11-7-6-9-4-2-3-5-10(9)8-12/h2-8,11H,1H3/b7-6-. The van der Waals surface area contributed by atoms with Gasteiger partial charge in [-0.15, -0.1) is 0 Å². The Morgan fingerprint density at radius 1 is 1.25 bits per heavy atom. The number of hydrogen-bond donors (Lipinski definition) is 1. The summed E-state index contributed by atoms with van der Waals surface area (Å²) in [6.45, 7) is 0. The molecule has 0 heterocycles. The predicted molar refractivity (Wildman–Crippen MR) is 49.9 cm³/mol. The number of hydrogen-bond acceptors (Lipinski definition) is 2. The molecule has 1 aromatic rings. The van der Waals surface area contributed by atoms with Crippen molar-refractivity contribution >= 4 is 12.4 Å². The van der Waals surface area contributed by atoms with Gasteiger partial charge in [-0.25, -0.2) is 0 Å². The van der Waals surface area contributed by atoms with Gasteiger partial charge < -0.3 is 5.32 Å². The Morgan fingerprint density at radius 3 is 2.50 bits per heavy atom. The first-order valence-corrected chi connectivity index (χ1v) is 3.76. The summed E-state index contributed by atoms with van der Waals surface area (Å²) in [5, 5.41) is 2.87. The monoisotopic (exact) mass is 161 g/mol. The molecule has 0 saturated carbocycles. The van der Waals surface area contributed by atoms with Crippen LogP contribution in [0.15, 0.2) is 30.5 Å². The second kappa shape index (κ2) is 4.34. The van der Waals surface area contributed by atoms with Crippen molar-refractivity contribution in [3.63, 3.8) is 0 Å². The van der Waals surface area contributed by atoms with Crippen LogP contribution in [-0.4, -0.2) is 13.3 Å². The fourth-order valence-corrected chi connectivity index (χ4v) is 0.943. The molecule has 12 heavy (non-hydrogen) atoms. The van der Waals surface area contributed by atoms with Crippen molar-refractivity contribution in [3.8, 4) is 0 Å². The van der Waals surface area contributed by atoms with Crippen LogP contribution in [0.1, 0.15) is 15.9 Å². The van der Waals surface area contributed by atoms with Crippen LogP contribution in [0.5, 0.6) is 0 Å². The maximum Gasteiger partial charge on any atom is 0.150 e. The summed E-state index contributed by atoms with van der Waals surface area (Å²) in [5.74, 6) is 0. The van der Waals surface area contributed by atoms with Gasteiger partial charge in [-0.05, 0) is 17.8 Å². The minimum Gasteiger partial charge on any atom is -0.394 e. The molecule has 0 spiro atoms. The third kappa shape index (κ3) is 1.95. The second-order valence-electron chi connectivity index (χ2n) is 2.37. The minimum absolute atomic E-state index is 0.712. The molecule has 0 aliphatic rings. The van der Waals surface area contributed by atoms with E-state index in [4.69, 9.17) is 0 Å². The topological polar surface area (TPSA) is 29.1 Å². The van der Waals surface area contributed by atoms with Crippen LogP contribution in [0.4, 0.5) is 0 Å². The third-order valence-corrected chi connectivity index (χ3v) is 1.55. The maximum absolute atomic E-state index is 10.5. The van der Waals surface area contributed by atoms with E-state index in [9.17, 15) is 4.79 Å². The molecule has 62 valence electrons. The molecule has 0 aliphatic heterocycles. The lowest BCUT2D eigenvalue weighted by Crippen LogP contribution is -1.92. The van der Waals surface area contributed by atoms with Gasteiger partial charge in [0.25, 0.3) is 0 Å².